The Morgan fingerprint density at radius 1 is 1.25 bits per heavy atom. The number of rotatable bonds is 0. The third-order valence-corrected chi connectivity index (χ3v) is 1.95. The van der Waals surface area contributed by atoms with Gasteiger partial charge in [0.15, 0.2) is 0 Å². The molecule has 0 aromatic heterocycles. The quantitative estimate of drug-likeness (QED) is 0.341. The van der Waals surface area contributed by atoms with Gasteiger partial charge in [0.05, 0.1) is 0 Å². The average molecular weight is 177 g/mol. The third kappa shape index (κ3) is 1.12. The fourth-order valence-electron chi connectivity index (χ4n) is 1.08. The van der Waals surface area contributed by atoms with Gasteiger partial charge >= 0.3 is 5.97 Å². The number of benzene rings is 1. The molecule has 0 unspecified atom stereocenters. The number of hydrogen-bond donors (Lipinski definition) is 0. The lowest BCUT2D eigenvalue weighted by atomic mass is 10.1. The minimum Gasteiger partial charge on any atom is -0.425 e. The summed E-state index contributed by atoms with van der Waals surface area (Å²) in [6.07, 6.45) is 1.32. The van der Waals surface area contributed by atoms with Crippen molar-refractivity contribution >= 4 is 23.1 Å². The van der Waals surface area contributed by atoms with Crippen LogP contribution in [0.3, 0.4) is 0 Å². The summed E-state index contributed by atoms with van der Waals surface area (Å²) in [7, 11) is 0. The van der Waals surface area contributed by atoms with Crippen molar-refractivity contribution in [3.63, 3.8) is 0 Å². The Morgan fingerprint density at radius 2 is 2.00 bits per heavy atom. The number of ether oxygens (including phenoxy) is 1. The molecule has 2 nitrogen and oxygen atoms in total. The van der Waals surface area contributed by atoms with Crippen molar-refractivity contribution in [3.8, 4) is 5.75 Å². The average Bonchev–Trinajstić information content (AvgIpc) is 2.04. The van der Waals surface area contributed by atoms with Gasteiger partial charge in [0.1, 0.15) is 12.2 Å². The Labute approximate surface area is 75.2 Å². The van der Waals surface area contributed by atoms with Crippen LogP contribution in [-0.2, 0) is 4.79 Å². The van der Waals surface area contributed by atoms with E-state index >= 15 is 0 Å². The van der Waals surface area contributed by atoms with Crippen LogP contribution in [0.4, 0.5) is 0 Å². The highest BCUT2D eigenvalue weighted by Crippen LogP contribution is 2.24. The maximum absolute atomic E-state index is 10.9. The van der Waals surface area contributed by atoms with Crippen molar-refractivity contribution in [1.82, 2.24) is 0 Å². The van der Waals surface area contributed by atoms with Gasteiger partial charge in [-0.2, -0.15) is 0 Å². The molecular weight excluding hydrogens is 172 g/mol. The zero-order valence-corrected chi connectivity index (χ0v) is 6.93. The number of carbonyl (C=O) groups excluding carboxylic acids is 1. The molecule has 1 aromatic rings. The summed E-state index contributed by atoms with van der Waals surface area (Å²) in [5.74, 6) is 0.161. The maximum atomic E-state index is 10.9. The molecule has 0 saturated carbocycles. The van der Waals surface area contributed by atoms with Gasteiger partial charge in [-0.3, -0.25) is 4.79 Å². The summed E-state index contributed by atoms with van der Waals surface area (Å²) in [4.78, 5) is 11.4. The summed E-state index contributed by atoms with van der Waals surface area (Å²) in [6.45, 7) is 0. The highest BCUT2D eigenvalue weighted by Gasteiger charge is 2.20. The van der Waals surface area contributed by atoms with Crippen LogP contribution in [-0.4, -0.2) is 10.8 Å². The van der Waals surface area contributed by atoms with Crippen LogP contribution < -0.4 is 4.74 Å². The lowest BCUT2D eigenvalue weighted by molar-refractivity contribution is -0.130. The number of hydrogen-bond acceptors (Lipinski definition) is 3. The highest BCUT2D eigenvalue weighted by molar-refractivity contribution is 7.81. The summed E-state index contributed by atoms with van der Waals surface area (Å²) >= 11 is 4.98. The SMILES string of the molecule is O=C1[CH]C(=S)c2ccccc2O1. The lowest BCUT2D eigenvalue weighted by Gasteiger charge is -2.14. The number of carbonyl (C=O) groups is 1. The molecule has 1 aliphatic heterocycles. The van der Waals surface area contributed by atoms with Crippen molar-refractivity contribution in [1.29, 1.82) is 0 Å². The zero-order valence-electron chi connectivity index (χ0n) is 6.11. The number of para-hydroxylation sites is 1. The summed E-state index contributed by atoms with van der Waals surface area (Å²) in [6, 6.07) is 7.23. The molecule has 0 saturated heterocycles. The van der Waals surface area contributed by atoms with E-state index in [4.69, 9.17) is 17.0 Å². The minimum absolute atomic E-state index is 0.390. The maximum Gasteiger partial charge on any atom is 0.321 e. The van der Waals surface area contributed by atoms with Crippen molar-refractivity contribution < 1.29 is 9.53 Å². The number of esters is 1. The second-order valence-electron chi connectivity index (χ2n) is 2.43. The molecule has 0 amide bonds. The van der Waals surface area contributed by atoms with E-state index in [1.165, 1.54) is 6.42 Å². The molecule has 0 fully saturated rings. The van der Waals surface area contributed by atoms with Crippen molar-refractivity contribution in [2.45, 2.75) is 0 Å². The molecule has 0 bridgehead atoms. The standard InChI is InChI=1S/C9H5O2S/c10-9-5-8(12)6-3-1-2-4-7(6)11-9/h1-5H. The van der Waals surface area contributed by atoms with Gasteiger partial charge in [-0.25, -0.2) is 0 Å². The van der Waals surface area contributed by atoms with Gasteiger partial charge in [0.2, 0.25) is 0 Å². The summed E-state index contributed by atoms with van der Waals surface area (Å²) < 4.78 is 4.92. The van der Waals surface area contributed by atoms with Gasteiger partial charge in [-0.1, -0.05) is 30.4 Å². The summed E-state index contributed by atoms with van der Waals surface area (Å²) in [5, 5.41) is 0. The van der Waals surface area contributed by atoms with E-state index in [-0.39, 0.29) is 0 Å². The molecule has 1 heterocycles. The van der Waals surface area contributed by atoms with Gasteiger partial charge in [0.25, 0.3) is 0 Å². The molecule has 59 valence electrons. The summed E-state index contributed by atoms with van der Waals surface area (Å²) in [5.41, 5.74) is 0.812. The molecule has 12 heavy (non-hydrogen) atoms. The molecule has 1 aromatic carbocycles. The van der Waals surface area contributed by atoms with E-state index in [2.05, 4.69) is 0 Å². The fourth-order valence-corrected chi connectivity index (χ4v) is 1.35. The van der Waals surface area contributed by atoms with Gasteiger partial charge in [-0.05, 0) is 6.07 Å². The first-order valence-corrected chi connectivity index (χ1v) is 3.88. The molecule has 0 spiro atoms. The molecule has 2 rings (SSSR count). The second kappa shape index (κ2) is 2.68. The second-order valence-corrected chi connectivity index (χ2v) is 2.87. The predicted octanol–water partition coefficient (Wildman–Crippen LogP) is 1.53. The van der Waals surface area contributed by atoms with E-state index in [0.29, 0.717) is 10.6 Å². The first-order valence-electron chi connectivity index (χ1n) is 3.47. The van der Waals surface area contributed by atoms with Crippen LogP contribution in [0.5, 0.6) is 5.75 Å². The van der Waals surface area contributed by atoms with E-state index in [1.54, 1.807) is 12.1 Å². The first kappa shape index (κ1) is 7.43. The first-order chi connectivity index (χ1) is 5.77. The Balaban J connectivity index is 2.54. The Hall–Kier alpha value is -1.22. The topological polar surface area (TPSA) is 26.3 Å². The highest BCUT2D eigenvalue weighted by atomic mass is 32.1. The van der Waals surface area contributed by atoms with E-state index < -0.39 is 5.97 Å². The van der Waals surface area contributed by atoms with Crippen molar-refractivity contribution in [2.24, 2.45) is 0 Å². The molecule has 0 atom stereocenters. The van der Waals surface area contributed by atoms with Gasteiger partial charge in [-0.15, -0.1) is 0 Å². The van der Waals surface area contributed by atoms with E-state index in [0.717, 1.165) is 5.56 Å². The van der Waals surface area contributed by atoms with Gasteiger partial charge in [0, 0.05) is 10.4 Å². The molecule has 3 heteroatoms. The van der Waals surface area contributed by atoms with Crippen LogP contribution in [0.2, 0.25) is 0 Å². The Morgan fingerprint density at radius 3 is 2.83 bits per heavy atom. The fraction of sp³-hybridized carbons (Fsp3) is 0. The van der Waals surface area contributed by atoms with Crippen LogP contribution >= 0.6 is 12.2 Å². The van der Waals surface area contributed by atoms with Crippen LogP contribution in [0.25, 0.3) is 0 Å². The van der Waals surface area contributed by atoms with Gasteiger partial charge < -0.3 is 4.74 Å². The Bertz CT molecular complexity index is 357. The molecule has 1 radical (unpaired) electrons. The molecule has 0 aliphatic carbocycles. The third-order valence-electron chi connectivity index (χ3n) is 1.61. The van der Waals surface area contributed by atoms with Crippen LogP contribution in [0, 0.1) is 6.42 Å². The molecule has 0 N–H and O–H groups in total. The monoisotopic (exact) mass is 177 g/mol. The zero-order chi connectivity index (χ0) is 8.55. The minimum atomic E-state index is -0.390. The lowest BCUT2D eigenvalue weighted by Crippen LogP contribution is -2.21. The predicted molar refractivity (Wildman–Crippen MR) is 48.1 cm³/mol. The van der Waals surface area contributed by atoms with Crippen LogP contribution in [0.15, 0.2) is 24.3 Å². The van der Waals surface area contributed by atoms with Crippen molar-refractivity contribution in [3.05, 3.63) is 36.2 Å². The molecule has 1 aliphatic rings. The normalized spacial score (nSPS) is 15.3. The van der Waals surface area contributed by atoms with Crippen LogP contribution in [0.1, 0.15) is 5.56 Å². The largest absolute Gasteiger partial charge is 0.425 e. The number of fused-ring (bicyclic) bond motifs is 1. The number of thiocarbonyl (C=S) groups is 1. The smallest absolute Gasteiger partial charge is 0.321 e. The molecular formula is C9H5O2S. The van der Waals surface area contributed by atoms with E-state index in [1.807, 2.05) is 12.1 Å². The Kier molecular flexibility index (Phi) is 1.66. The van der Waals surface area contributed by atoms with Crippen molar-refractivity contribution in [2.75, 3.05) is 0 Å². The van der Waals surface area contributed by atoms with E-state index in [9.17, 15) is 4.79 Å².